The number of rotatable bonds is 7. The summed E-state index contributed by atoms with van der Waals surface area (Å²) in [5, 5.41) is 25.4. The predicted octanol–water partition coefficient (Wildman–Crippen LogP) is 7.23. The maximum atomic E-state index is 13.2. The summed E-state index contributed by atoms with van der Waals surface area (Å²) in [6.07, 6.45) is 0. The zero-order chi connectivity index (χ0) is 30.1. The monoisotopic (exact) mass is 591 g/mol. The van der Waals surface area contributed by atoms with Gasteiger partial charge in [-0.15, -0.1) is 0 Å². The molecular formula is C33H29N5O4S. The van der Waals surface area contributed by atoms with Gasteiger partial charge in [0.1, 0.15) is 0 Å². The van der Waals surface area contributed by atoms with E-state index in [2.05, 4.69) is 38.1 Å². The lowest BCUT2D eigenvalue weighted by atomic mass is 9.92. The molecule has 0 aliphatic carbocycles. The van der Waals surface area contributed by atoms with Gasteiger partial charge in [-0.3, -0.25) is 10.1 Å². The van der Waals surface area contributed by atoms with E-state index < -0.39 is 15.9 Å². The standard InChI is InChI=1S/C33H29N5O4S/c1-4-42-32(39)31-35-37(26-13-10-14-27(21-26)38(40)41)33(43-31)29-16-9-8-15-28(29)30(24-19-17-23(18-20-24)22(2)3)34-36(33)25-11-6-5-7-12-25/h5-22H,4H2,1-3H3. The number of nitro groups is 1. The minimum Gasteiger partial charge on any atom is -0.461 e. The van der Waals surface area contributed by atoms with Crippen LogP contribution in [-0.4, -0.2) is 28.3 Å². The molecule has 2 aliphatic rings. The smallest absolute Gasteiger partial charge is 0.365 e. The normalized spacial score (nSPS) is 17.5. The van der Waals surface area contributed by atoms with E-state index in [4.69, 9.17) is 14.9 Å². The topological polar surface area (TPSA) is 101 Å². The predicted molar refractivity (Wildman–Crippen MR) is 170 cm³/mol. The fourth-order valence-corrected chi connectivity index (χ4v) is 6.54. The lowest BCUT2D eigenvalue weighted by molar-refractivity contribution is -0.384. The number of esters is 1. The first-order chi connectivity index (χ1) is 20.8. The Morgan fingerprint density at radius 3 is 2.28 bits per heavy atom. The van der Waals surface area contributed by atoms with Gasteiger partial charge in [-0.05, 0) is 48.4 Å². The minimum absolute atomic E-state index is 0.0952. The number of thioether (sulfide) groups is 1. The highest BCUT2D eigenvalue weighted by atomic mass is 32.2. The molecule has 0 saturated carbocycles. The van der Waals surface area contributed by atoms with E-state index in [0.717, 1.165) is 28.1 Å². The third-order valence-electron chi connectivity index (χ3n) is 7.32. The Hall–Kier alpha value is -4.96. The number of benzene rings is 4. The second-order valence-electron chi connectivity index (χ2n) is 10.3. The Morgan fingerprint density at radius 1 is 0.907 bits per heavy atom. The van der Waals surface area contributed by atoms with Crippen LogP contribution >= 0.6 is 11.8 Å². The van der Waals surface area contributed by atoms with E-state index in [-0.39, 0.29) is 17.3 Å². The molecule has 0 amide bonds. The van der Waals surface area contributed by atoms with Gasteiger partial charge in [0.15, 0.2) is 0 Å². The van der Waals surface area contributed by atoms with Crippen molar-refractivity contribution in [3.05, 3.63) is 135 Å². The van der Waals surface area contributed by atoms with Crippen molar-refractivity contribution in [2.24, 2.45) is 10.2 Å². The number of nitro benzene ring substituents is 1. The fraction of sp³-hybridized carbons (Fsp3) is 0.182. The number of hydrogen-bond acceptors (Lipinski definition) is 9. The largest absolute Gasteiger partial charge is 0.461 e. The molecule has 43 heavy (non-hydrogen) atoms. The highest BCUT2D eigenvalue weighted by Crippen LogP contribution is 2.55. The Balaban J connectivity index is 1.63. The first kappa shape index (κ1) is 28.2. The van der Waals surface area contributed by atoms with Crippen LogP contribution in [0.25, 0.3) is 0 Å². The molecule has 0 fully saturated rings. The molecular weight excluding hydrogens is 562 g/mol. The van der Waals surface area contributed by atoms with Crippen molar-refractivity contribution in [1.29, 1.82) is 0 Å². The average molecular weight is 592 g/mol. The summed E-state index contributed by atoms with van der Waals surface area (Å²) in [5.74, 6) is -0.195. The number of para-hydroxylation sites is 1. The van der Waals surface area contributed by atoms with Crippen molar-refractivity contribution in [2.75, 3.05) is 16.6 Å². The second kappa shape index (κ2) is 11.4. The summed E-state index contributed by atoms with van der Waals surface area (Å²) in [4.78, 5) is 23.3. The highest BCUT2D eigenvalue weighted by Gasteiger charge is 2.56. The molecule has 216 valence electrons. The van der Waals surface area contributed by atoms with Crippen LogP contribution in [0.15, 0.2) is 113 Å². The van der Waals surface area contributed by atoms with Crippen LogP contribution in [0, 0.1) is 10.1 Å². The zero-order valence-electron chi connectivity index (χ0n) is 23.9. The molecule has 1 unspecified atom stereocenters. The Bertz CT molecular complexity index is 1760. The number of carbonyl (C=O) groups is 1. The van der Waals surface area contributed by atoms with Gasteiger partial charge >= 0.3 is 5.97 Å². The molecule has 0 bridgehead atoms. The molecule has 9 nitrogen and oxygen atoms in total. The Labute approximate surface area is 253 Å². The third-order valence-corrected chi connectivity index (χ3v) is 8.62. The SMILES string of the molecule is CCOC(=O)C1=NN(c2cccc([N+](=O)[O-])c2)C2(S1)c1ccccc1C(c1ccc(C(C)C)cc1)=NN2c1ccccc1. The molecule has 0 aromatic heterocycles. The molecule has 1 spiro atoms. The van der Waals surface area contributed by atoms with Gasteiger partial charge in [0, 0.05) is 28.8 Å². The van der Waals surface area contributed by atoms with Crippen LogP contribution in [0.3, 0.4) is 0 Å². The number of non-ortho nitro benzene ring substituents is 1. The molecule has 1 atom stereocenters. The molecule has 0 saturated heterocycles. The number of anilines is 2. The maximum absolute atomic E-state index is 13.2. The maximum Gasteiger partial charge on any atom is 0.365 e. The van der Waals surface area contributed by atoms with Crippen molar-refractivity contribution >= 4 is 45.5 Å². The number of ether oxygens (including phenoxy) is 1. The first-order valence-corrected chi connectivity index (χ1v) is 14.8. The molecule has 2 heterocycles. The second-order valence-corrected chi connectivity index (χ2v) is 11.5. The lowest BCUT2D eigenvalue weighted by Crippen LogP contribution is -2.54. The van der Waals surface area contributed by atoms with E-state index in [1.165, 1.54) is 29.5 Å². The average Bonchev–Trinajstić information content (AvgIpc) is 3.43. The number of fused-ring (bicyclic) bond motifs is 2. The van der Waals surface area contributed by atoms with Crippen LogP contribution in [-0.2, 0) is 14.5 Å². The molecule has 4 aromatic carbocycles. The van der Waals surface area contributed by atoms with Crippen LogP contribution in [0.5, 0.6) is 0 Å². The number of hydrazone groups is 2. The summed E-state index contributed by atoms with van der Waals surface area (Å²) < 4.78 is 5.38. The number of hydrogen-bond donors (Lipinski definition) is 0. The zero-order valence-corrected chi connectivity index (χ0v) is 24.7. The third kappa shape index (κ3) is 4.93. The Kier molecular flexibility index (Phi) is 7.45. The van der Waals surface area contributed by atoms with Gasteiger partial charge < -0.3 is 4.74 Å². The molecule has 10 heteroatoms. The van der Waals surface area contributed by atoms with Gasteiger partial charge in [0.25, 0.3) is 5.69 Å². The van der Waals surface area contributed by atoms with Gasteiger partial charge in [-0.1, -0.05) is 86.6 Å². The fourth-order valence-electron chi connectivity index (χ4n) is 5.26. The highest BCUT2D eigenvalue weighted by molar-refractivity contribution is 8.16. The summed E-state index contributed by atoms with van der Waals surface area (Å²) in [6.45, 7) is 6.23. The van der Waals surface area contributed by atoms with E-state index in [1.807, 2.05) is 59.6 Å². The molecule has 0 N–H and O–H groups in total. The number of carbonyl (C=O) groups excluding carboxylic acids is 1. The summed E-state index contributed by atoms with van der Waals surface area (Å²) >= 11 is 1.20. The number of nitrogens with zero attached hydrogens (tertiary/aromatic N) is 5. The van der Waals surface area contributed by atoms with Crippen molar-refractivity contribution in [1.82, 2.24) is 0 Å². The lowest BCUT2D eigenvalue weighted by Gasteiger charge is -2.47. The summed E-state index contributed by atoms with van der Waals surface area (Å²) in [5.41, 5.74) is 5.66. The van der Waals surface area contributed by atoms with Crippen LogP contribution in [0.1, 0.15) is 48.9 Å². The van der Waals surface area contributed by atoms with Crippen LogP contribution in [0.2, 0.25) is 0 Å². The van der Waals surface area contributed by atoms with E-state index in [9.17, 15) is 14.9 Å². The van der Waals surface area contributed by atoms with Crippen LogP contribution < -0.4 is 10.0 Å². The summed E-state index contributed by atoms with van der Waals surface area (Å²) in [7, 11) is 0. The van der Waals surface area contributed by atoms with E-state index in [0.29, 0.717) is 11.6 Å². The summed E-state index contributed by atoms with van der Waals surface area (Å²) in [6, 6.07) is 32.1. The van der Waals surface area contributed by atoms with Crippen LogP contribution in [0.4, 0.5) is 17.1 Å². The van der Waals surface area contributed by atoms with Gasteiger partial charge in [-0.25, -0.2) is 14.8 Å². The van der Waals surface area contributed by atoms with Crippen molar-refractivity contribution in [3.8, 4) is 0 Å². The van der Waals surface area contributed by atoms with Crippen molar-refractivity contribution < 1.29 is 14.5 Å². The first-order valence-electron chi connectivity index (χ1n) is 14.0. The van der Waals surface area contributed by atoms with E-state index in [1.54, 1.807) is 24.1 Å². The van der Waals surface area contributed by atoms with E-state index >= 15 is 0 Å². The van der Waals surface area contributed by atoms with Crippen molar-refractivity contribution in [2.45, 2.75) is 31.7 Å². The Morgan fingerprint density at radius 2 is 1.58 bits per heavy atom. The molecule has 6 rings (SSSR count). The molecule has 4 aromatic rings. The molecule has 0 radical (unpaired) electrons. The van der Waals surface area contributed by atoms with Crippen molar-refractivity contribution in [3.63, 3.8) is 0 Å². The van der Waals surface area contributed by atoms with Gasteiger partial charge in [-0.2, -0.15) is 10.2 Å². The molecule has 2 aliphatic heterocycles. The quantitative estimate of drug-likeness (QED) is 0.127. The van der Waals surface area contributed by atoms with Gasteiger partial charge in [0.05, 0.1) is 28.6 Å². The van der Waals surface area contributed by atoms with Gasteiger partial charge in [0.2, 0.25) is 10.0 Å². The minimum atomic E-state index is -1.25.